The van der Waals surface area contributed by atoms with Crippen LogP contribution in [0.2, 0.25) is 0 Å². The second kappa shape index (κ2) is 7.46. The van der Waals surface area contributed by atoms with E-state index >= 15 is 0 Å². The van der Waals surface area contributed by atoms with Gasteiger partial charge in [0.25, 0.3) is 0 Å². The van der Waals surface area contributed by atoms with Crippen molar-refractivity contribution in [2.45, 2.75) is 73.6 Å². The minimum Gasteiger partial charge on any atom is -0.122 e. The lowest BCUT2D eigenvalue weighted by Crippen LogP contribution is -2.12. The lowest BCUT2D eigenvalue weighted by atomic mass is 9.82. The van der Waals surface area contributed by atoms with E-state index in [0.29, 0.717) is 16.7 Å². The van der Waals surface area contributed by atoms with Crippen molar-refractivity contribution in [1.82, 2.24) is 0 Å². The zero-order chi connectivity index (χ0) is 13.5. The molecule has 0 amide bonds. The first-order valence-electron chi connectivity index (χ1n) is 7.00. The largest absolute Gasteiger partial charge is 0.122 e. The SMILES string of the molecule is CCC(C)(C)CC/C=C(\CCl)CC(C)(C)CC. The van der Waals surface area contributed by atoms with Gasteiger partial charge in [0, 0.05) is 5.88 Å². The summed E-state index contributed by atoms with van der Waals surface area (Å²) in [5, 5.41) is 0. The Kier molecular flexibility index (Phi) is 7.47. The summed E-state index contributed by atoms with van der Waals surface area (Å²) in [7, 11) is 0. The Morgan fingerprint density at radius 3 is 1.94 bits per heavy atom. The molecule has 0 saturated carbocycles. The van der Waals surface area contributed by atoms with Gasteiger partial charge in [-0.25, -0.2) is 0 Å². The topological polar surface area (TPSA) is 0 Å². The molecule has 0 bridgehead atoms. The van der Waals surface area contributed by atoms with Gasteiger partial charge in [0.15, 0.2) is 0 Å². The first-order valence-corrected chi connectivity index (χ1v) is 7.53. The molecule has 0 nitrogen and oxygen atoms in total. The van der Waals surface area contributed by atoms with E-state index in [1.54, 1.807) is 0 Å². The van der Waals surface area contributed by atoms with Crippen LogP contribution in [0.4, 0.5) is 0 Å². The quantitative estimate of drug-likeness (QED) is 0.359. The van der Waals surface area contributed by atoms with E-state index in [4.69, 9.17) is 11.6 Å². The van der Waals surface area contributed by atoms with Gasteiger partial charge >= 0.3 is 0 Å². The van der Waals surface area contributed by atoms with Crippen LogP contribution in [0.3, 0.4) is 0 Å². The van der Waals surface area contributed by atoms with Gasteiger partial charge in [-0.05, 0) is 30.1 Å². The predicted molar refractivity (Wildman–Crippen MR) is 80.8 cm³/mol. The van der Waals surface area contributed by atoms with Crippen LogP contribution < -0.4 is 0 Å². The minimum absolute atomic E-state index is 0.390. The molecule has 0 aliphatic heterocycles. The number of halogens is 1. The maximum atomic E-state index is 6.05. The third kappa shape index (κ3) is 7.86. The van der Waals surface area contributed by atoms with Crippen LogP contribution in [0.5, 0.6) is 0 Å². The van der Waals surface area contributed by atoms with Crippen molar-refractivity contribution >= 4 is 11.6 Å². The predicted octanol–water partition coefficient (Wildman–Crippen LogP) is 6.19. The van der Waals surface area contributed by atoms with Crippen LogP contribution in [0.15, 0.2) is 11.6 Å². The molecule has 0 aromatic heterocycles. The highest BCUT2D eigenvalue weighted by Gasteiger charge is 2.17. The Hall–Kier alpha value is 0.0300. The Morgan fingerprint density at radius 1 is 1.00 bits per heavy atom. The molecule has 0 fully saturated rings. The molecule has 0 radical (unpaired) electrons. The summed E-state index contributed by atoms with van der Waals surface area (Å²) < 4.78 is 0. The molecule has 0 unspecified atom stereocenters. The zero-order valence-electron chi connectivity index (χ0n) is 12.7. The summed E-state index contributed by atoms with van der Waals surface area (Å²) in [5.41, 5.74) is 2.28. The van der Waals surface area contributed by atoms with Gasteiger partial charge in [-0.3, -0.25) is 0 Å². The van der Waals surface area contributed by atoms with Gasteiger partial charge in [0.05, 0.1) is 0 Å². The molecule has 0 aliphatic rings. The first-order chi connectivity index (χ1) is 7.76. The van der Waals surface area contributed by atoms with Crippen molar-refractivity contribution in [2.24, 2.45) is 10.8 Å². The monoisotopic (exact) mass is 258 g/mol. The lowest BCUT2D eigenvalue weighted by Gasteiger charge is -2.24. The fourth-order valence-corrected chi connectivity index (χ4v) is 1.96. The highest BCUT2D eigenvalue weighted by atomic mass is 35.5. The van der Waals surface area contributed by atoms with E-state index in [1.807, 2.05) is 0 Å². The number of rotatable bonds is 8. The van der Waals surface area contributed by atoms with Gasteiger partial charge in [0.1, 0.15) is 0 Å². The Balaban J connectivity index is 4.28. The standard InChI is InChI=1S/C16H31Cl/c1-7-15(3,4)11-9-10-14(13-17)12-16(5,6)8-2/h10H,7-9,11-13H2,1-6H3/b14-10-. The summed E-state index contributed by atoms with van der Waals surface area (Å²) in [5.74, 6) is 0.690. The van der Waals surface area contributed by atoms with Gasteiger partial charge in [-0.15, -0.1) is 11.6 Å². The van der Waals surface area contributed by atoms with Crippen LogP contribution in [0.25, 0.3) is 0 Å². The van der Waals surface area contributed by atoms with E-state index in [9.17, 15) is 0 Å². The highest BCUT2D eigenvalue weighted by molar-refractivity contribution is 6.19. The van der Waals surface area contributed by atoms with E-state index in [2.05, 4.69) is 47.6 Å². The molecule has 0 aliphatic carbocycles. The zero-order valence-corrected chi connectivity index (χ0v) is 13.5. The maximum Gasteiger partial charge on any atom is 0.0433 e. The van der Waals surface area contributed by atoms with Crippen molar-refractivity contribution in [2.75, 3.05) is 5.88 Å². The Morgan fingerprint density at radius 2 is 1.53 bits per heavy atom. The molecule has 1 heteroatoms. The van der Waals surface area contributed by atoms with Crippen molar-refractivity contribution in [1.29, 1.82) is 0 Å². The highest BCUT2D eigenvalue weighted by Crippen LogP contribution is 2.31. The summed E-state index contributed by atoms with van der Waals surface area (Å²) in [6.07, 6.45) is 8.40. The molecule has 0 saturated heterocycles. The third-order valence-corrected chi connectivity index (χ3v) is 4.39. The fourth-order valence-electron chi connectivity index (χ4n) is 1.76. The average Bonchev–Trinajstić information content (AvgIpc) is 2.27. The van der Waals surface area contributed by atoms with Crippen molar-refractivity contribution < 1.29 is 0 Å². The third-order valence-electron chi connectivity index (χ3n) is 4.05. The van der Waals surface area contributed by atoms with E-state index in [1.165, 1.54) is 31.3 Å². The van der Waals surface area contributed by atoms with Crippen LogP contribution in [0.1, 0.15) is 73.6 Å². The molecule has 0 aromatic carbocycles. The van der Waals surface area contributed by atoms with Gasteiger partial charge < -0.3 is 0 Å². The second-order valence-electron chi connectivity index (χ2n) is 6.75. The minimum atomic E-state index is 0.390. The molecular formula is C16H31Cl. The van der Waals surface area contributed by atoms with Crippen LogP contribution in [-0.4, -0.2) is 5.88 Å². The molecule has 17 heavy (non-hydrogen) atoms. The molecule has 0 atom stereocenters. The van der Waals surface area contributed by atoms with Crippen LogP contribution >= 0.6 is 11.6 Å². The number of hydrogen-bond acceptors (Lipinski definition) is 0. The Labute approximate surface area is 114 Å². The molecule has 0 heterocycles. The first kappa shape index (κ1) is 17.0. The van der Waals surface area contributed by atoms with Crippen molar-refractivity contribution in [3.8, 4) is 0 Å². The lowest BCUT2D eigenvalue weighted by molar-refractivity contribution is 0.323. The smallest absolute Gasteiger partial charge is 0.0433 e. The number of alkyl halides is 1. The van der Waals surface area contributed by atoms with E-state index in [0.717, 1.165) is 6.42 Å². The normalized spacial score (nSPS) is 14.2. The molecule has 102 valence electrons. The van der Waals surface area contributed by atoms with Crippen molar-refractivity contribution in [3.05, 3.63) is 11.6 Å². The summed E-state index contributed by atoms with van der Waals surface area (Å²) in [4.78, 5) is 0. The van der Waals surface area contributed by atoms with Crippen molar-refractivity contribution in [3.63, 3.8) is 0 Å². The molecule has 0 aromatic rings. The molecule has 0 spiro atoms. The van der Waals surface area contributed by atoms with Crippen LogP contribution in [-0.2, 0) is 0 Å². The Bertz CT molecular complexity index is 236. The summed E-state index contributed by atoms with van der Waals surface area (Å²) in [6.45, 7) is 13.9. The number of hydrogen-bond donors (Lipinski definition) is 0. The van der Waals surface area contributed by atoms with E-state index < -0.39 is 0 Å². The average molecular weight is 259 g/mol. The summed E-state index contributed by atoms with van der Waals surface area (Å²) in [6, 6.07) is 0. The second-order valence-corrected chi connectivity index (χ2v) is 7.01. The fraction of sp³-hybridized carbons (Fsp3) is 0.875. The van der Waals surface area contributed by atoms with E-state index in [-0.39, 0.29) is 0 Å². The van der Waals surface area contributed by atoms with Gasteiger partial charge in [-0.1, -0.05) is 66.0 Å². The van der Waals surface area contributed by atoms with Crippen LogP contribution in [0, 0.1) is 10.8 Å². The molecule has 0 N–H and O–H groups in total. The molecule has 0 rings (SSSR count). The number of allylic oxidation sites excluding steroid dienone is 2. The molecular weight excluding hydrogens is 228 g/mol. The maximum absolute atomic E-state index is 6.05. The van der Waals surface area contributed by atoms with Gasteiger partial charge in [0.2, 0.25) is 0 Å². The summed E-state index contributed by atoms with van der Waals surface area (Å²) >= 11 is 6.05. The van der Waals surface area contributed by atoms with Gasteiger partial charge in [-0.2, -0.15) is 0 Å².